The van der Waals surface area contributed by atoms with Crippen molar-refractivity contribution in [1.82, 2.24) is 24.8 Å². The van der Waals surface area contributed by atoms with E-state index in [1.807, 2.05) is 42.2 Å². The summed E-state index contributed by atoms with van der Waals surface area (Å²) in [6, 6.07) is 11.1. The van der Waals surface area contributed by atoms with Crippen LogP contribution in [0.5, 0.6) is 0 Å². The highest BCUT2D eigenvalue weighted by molar-refractivity contribution is 5.98. The molecule has 1 aromatic carbocycles. The molecule has 3 heterocycles. The van der Waals surface area contributed by atoms with Crippen LogP contribution in [-0.2, 0) is 4.79 Å². The Morgan fingerprint density at radius 2 is 1.79 bits per heavy atom. The lowest BCUT2D eigenvalue weighted by atomic mass is 10.2. The van der Waals surface area contributed by atoms with Crippen LogP contribution in [0.2, 0.25) is 0 Å². The summed E-state index contributed by atoms with van der Waals surface area (Å²) in [5.74, 6) is 0.138. The van der Waals surface area contributed by atoms with Crippen LogP contribution < -0.4 is 5.32 Å². The van der Waals surface area contributed by atoms with E-state index < -0.39 is 0 Å². The molecule has 1 fully saturated rings. The first-order valence-electron chi connectivity index (χ1n) is 9.31. The maximum atomic E-state index is 12.8. The Balaban J connectivity index is 1.34. The number of hydrogen-bond acceptors (Lipinski definition) is 5. The predicted molar refractivity (Wildman–Crippen MR) is 106 cm³/mol. The number of rotatable bonds is 4. The van der Waals surface area contributed by atoms with Gasteiger partial charge in [-0.05, 0) is 25.1 Å². The topological polar surface area (TPSA) is 94.2 Å². The first kappa shape index (κ1) is 18.1. The maximum absolute atomic E-state index is 12.8. The molecule has 4 rings (SSSR count). The zero-order valence-electron chi connectivity index (χ0n) is 15.6. The second kappa shape index (κ2) is 7.77. The molecule has 0 saturated carbocycles. The molecule has 2 N–H and O–H groups in total. The zero-order valence-corrected chi connectivity index (χ0v) is 15.6. The Labute approximate surface area is 162 Å². The molecule has 0 spiro atoms. The van der Waals surface area contributed by atoms with Gasteiger partial charge in [0.15, 0.2) is 0 Å². The van der Waals surface area contributed by atoms with Gasteiger partial charge >= 0.3 is 0 Å². The van der Waals surface area contributed by atoms with Gasteiger partial charge in [-0.3, -0.25) is 19.8 Å². The third-order valence-electron chi connectivity index (χ3n) is 5.09. The summed E-state index contributed by atoms with van der Waals surface area (Å²) in [4.78, 5) is 40.3. The van der Waals surface area contributed by atoms with Gasteiger partial charge in [0.2, 0.25) is 11.9 Å². The van der Waals surface area contributed by atoms with Crippen molar-refractivity contribution in [2.24, 2.45) is 0 Å². The van der Waals surface area contributed by atoms with Gasteiger partial charge in [-0.25, -0.2) is 9.97 Å². The molecule has 0 radical (unpaired) electrons. The van der Waals surface area contributed by atoms with Gasteiger partial charge < -0.3 is 9.88 Å². The molecule has 1 aliphatic rings. The molecule has 8 heteroatoms. The van der Waals surface area contributed by atoms with E-state index in [4.69, 9.17) is 0 Å². The number of piperazine rings is 1. The maximum Gasteiger partial charge on any atom is 0.270 e. The van der Waals surface area contributed by atoms with E-state index in [1.54, 1.807) is 18.5 Å². The van der Waals surface area contributed by atoms with Gasteiger partial charge in [0.1, 0.15) is 5.69 Å². The Hall–Kier alpha value is -3.26. The van der Waals surface area contributed by atoms with Crippen LogP contribution in [0.3, 0.4) is 0 Å². The number of benzene rings is 1. The van der Waals surface area contributed by atoms with E-state index in [2.05, 4.69) is 25.2 Å². The van der Waals surface area contributed by atoms with Crippen molar-refractivity contribution in [3.63, 3.8) is 0 Å². The standard InChI is InChI=1S/C20H22N6O2/c1-14(18(27)24-20-21-7-4-8-22-20)25-9-11-26(12-10-25)19(28)17-13-15-5-2-3-6-16(15)23-17/h2-8,13-14,23H,9-12H2,1H3,(H,21,22,24,27). The number of H-pyrrole nitrogens is 1. The summed E-state index contributed by atoms with van der Waals surface area (Å²) in [5, 5.41) is 3.75. The van der Waals surface area contributed by atoms with Crippen LogP contribution in [0, 0.1) is 0 Å². The van der Waals surface area contributed by atoms with E-state index in [0.29, 0.717) is 37.8 Å². The van der Waals surface area contributed by atoms with Crippen molar-refractivity contribution in [3.8, 4) is 0 Å². The summed E-state index contributed by atoms with van der Waals surface area (Å²) in [6.45, 7) is 4.28. The molecule has 0 bridgehead atoms. The lowest BCUT2D eigenvalue weighted by molar-refractivity contribution is -0.121. The summed E-state index contributed by atoms with van der Waals surface area (Å²) < 4.78 is 0. The molecule has 1 atom stereocenters. The second-order valence-electron chi connectivity index (χ2n) is 6.84. The monoisotopic (exact) mass is 378 g/mol. The molecule has 28 heavy (non-hydrogen) atoms. The van der Waals surface area contributed by atoms with Crippen LogP contribution in [0.4, 0.5) is 5.95 Å². The number of anilines is 1. The highest BCUT2D eigenvalue weighted by atomic mass is 16.2. The second-order valence-corrected chi connectivity index (χ2v) is 6.84. The van der Waals surface area contributed by atoms with E-state index in [9.17, 15) is 9.59 Å². The van der Waals surface area contributed by atoms with Crippen molar-refractivity contribution >= 4 is 28.7 Å². The molecule has 144 valence electrons. The Bertz CT molecular complexity index is 946. The molecule has 8 nitrogen and oxygen atoms in total. The molecule has 2 aromatic heterocycles. The van der Waals surface area contributed by atoms with Crippen LogP contribution in [0.1, 0.15) is 17.4 Å². The fraction of sp³-hybridized carbons (Fsp3) is 0.300. The van der Waals surface area contributed by atoms with Crippen LogP contribution in [0.25, 0.3) is 10.9 Å². The molecular weight excluding hydrogens is 356 g/mol. The summed E-state index contributed by atoms with van der Waals surface area (Å²) in [5.41, 5.74) is 1.56. The fourth-order valence-corrected chi connectivity index (χ4v) is 3.42. The van der Waals surface area contributed by atoms with Gasteiger partial charge in [-0.15, -0.1) is 0 Å². The summed E-state index contributed by atoms with van der Waals surface area (Å²) in [6.07, 6.45) is 3.17. The molecule has 1 unspecified atom stereocenters. The van der Waals surface area contributed by atoms with Crippen molar-refractivity contribution in [2.75, 3.05) is 31.5 Å². The average molecular weight is 378 g/mol. The van der Waals surface area contributed by atoms with Crippen molar-refractivity contribution in [3.05, 3.63) is 54.5 Å². The lowest BCUT2D eigenvalue weighted by Gasteiger charge is -2.37. The highest BCUT2D eigenvalue weighted by Crippen LogP contribution is 2.17. The van der Waals surface area contributed by atoms with Gasteiger partial charge in [0, 0.05) is 49.5 Å². The SMILES string of the molecule is CC(C(=O)Nc1ncccn1)N1CCN(C(=O)c2cc3ccccc3[nH]2)CC1. The molecule has 3 aromatic rings. The van der Waals surface area contributed by atoms with Crippen molar-refractivity contribution in [1.29, 1.82) is 0 Å². The molecule has 2 amide bonds. The highest BCUT2D eigenvalue weighted by Gasteiger charge is 2.28. The van der Waals surface area contributed by atoms with Gasteiger partial charge in [0.25, 0.3) is 5.91 Å². The Kier molecular flexibility index (Phi) is 5.03. The van der Waals surface area contributed by atoms with E-state index >= 15 is 0 Å². The van der Waals surface area contributed by atoms with Gasteiger partial charge in [-0.2, -0.15) is 0 Å². The van der Waals surface area contributed by atoms with Crippen molar-refractivity contribution in [2.45, 2.75) is 13.0 Å². The predicted octanol–water partition coefficient (Wildman–Crippen LogP) is 1.74. The average Bonchev–Trinajstić information content (AvgIpc) is 3.18. The van der Waals surface area contributed by atoms with Crippen LogP contribution in [0.15, 0.2) is 48.8 Å². The number of fused-ring (bicyclic) bond motifs is 1. The number of aromatic nitrogens is 3. The van der Waals surface area contributed by atoms with E-state index in [1.165, 1.54) is 0 Å². The number of nitrogens with one attached hydrogen (secondary N) is 2. The molecule has 0 aliphatic carbocycles. The normalized spacial score (nSPS) is 16.1. The number of hydrogen-bond donors (Lipinski definition) is 2. The molecule has 1 aliphatic heterocycles. The number of carbonyl (C=O) groups excluding carboxylic acids is 2. The first-order chi connectivity index (χ1) is 13.6. The summed E-state index contributed by atoms with van der Waals surface area (Å²) in [7, 11) is 0. The lowest BCUT2D eigenvalue weighted by Crippen LogP contribution is -2.54. The summed E-state index contributed by atoms with van der Waals surface area (Å²) >= 11 is 0. The minimum Gasteiger partial charge on any atom is -0.351 e. The van der Waals surface area contributed by atoms with Gasteiger partial charge in [0.05, 0.1) is 6.04 Å². The smallest absolute Gasteiger partial charge is 0.270 e. The molecular formula is C20H22N6O2. The zero-order chi connectivity index (χ0) is 19.5. The third-order valence-corrected chi connectivity index (χ3v) is 5.09. The van der Waals surface area contributed by atoms with Crippen molar-refractivity contribution < 1.29 is 9.59 Å². The third kappa shape index (κ3) is 3.72. The van der Waals surface area contributed by atoms with Crippen LogP contribution >= 0.6 is 0 Å². The number of amides is 2. The van der Waals surface area contributed by atoms with Gasteiger partial charge in [-0.1, -0.05) is 18.2 Å². The quantitative estimate of drug-likeness (QED) is 0.721. The number of para-hydroxylation sites is 1. The number of nitrogens with zero attached hydrogens (tertiary/aromatic N) is 4. The number of carbonyl (C=O) groups is 2. The minimum atomic E-state index is -0.325. The fourth-order valence-electron chi connectivity index (χ4n) is 3.42. The molecule has 1 saturated heterocycles. The van der Waals surface area contributed by atoms with E-state index in [-0.39, 0.29) is 17.9 Å². The first-order valence-corrected chi connectivity index (χ1v) is 9.31. The van der Waals surface area contributed by atoms with Crippen LogP contribution in [-0.4, -0.2) is 68.8 Å². The number of aromatic amines is 1. The Morgan fingerprint density at radius 3 is 2.50 bits per heavy atom. The minimum absolute atomic E-state index is 0.00867. The van der Waals surface area contributed by atoms with E-state index in [0.717, 1.165) is 10.9 Å². The largest absolute Gasteiger partial charge is 0.351 e. The Morgan fingerprint density at radius 1 is 1.07 bits per heavy atom.